The number of benzene rings is 2. The molecule has 1 aliphatic rings. The Morgan fingerprint density at radius 3 is 2.32 bits per heavy atom. The topological polar surface area (TPSA) is 46.0 Å². The van der Waals surface area contributed by atoms with Crippen molar-refractivity contribution in [3.05, 3.63) is 59.8 Å². The summed E-state index contributed by atoms with van der Waals surface area (Å²) in [6, 6.07) is 15.5. The Morgan fingerprint density at radius 1 is 0.895 bits per heavy atom. The molecule has 1 heterocycles. The fourth-order valence-electron chi connectivity index (χ4n) is 2.77. The Labute approximate surface area is 110 Å². The van der Waals surface area contributed by atoms with Crippen molar-refractivity contribution in [2.24, 2.45) is 0 Å². The van der Waals surface area contributed by atoms with Gasteiger partial charge in [-0.3, -0.25) is 0 Å². The lowest BCUT2D eigenvalue weighted by Gasteiger charge is -2.18. The number of aromatic nitrogens is 2. The number of aliphatic hydroxyl groups is 1. The molecule has 0 saturated carbocycles. The van der Waals surface area contributed by atoms with Crippen molar-refractivity contribution in [2.45, 2.75) is 12.5 Å². The highest BCUT2D eigenvalue weighted by Crippen LogP contribution is 2.45. The van der Waals surface area contributed by atoms with Crippen molar-refractivity contribution in [1.29, 1.82) is 0 Å². The molecule has 0 fully saturated rings. The minimum absolute atomic E-state index is 0.646. The van der Waals surface area contributed by atoms with E-state index in [-0.39, 0.29) is 0 Å². The maximum Gasteiger partial charge on any atom is 0.131 e. The molecule has 2 aromatic carbocycles. The standard InChI is InChI=1S/C16H12N2O/c1-16(19)11-7-3-2-6-10(11)14-15(16)18-13-9-5-4-8-12(13)17-14/h2-9,19H,1H3/t16-/m1/s1. The largest absolute Gasteiger partial charge is 0.379 e. The number of nitrogens with zero attached hydrogens (tertiary/aromatic N) is 2. The lowest BCUT2D eigenvalue weighted by atomic mass is 9.97. The molecule has 0 aliphatic heterocycles. The Bertz CT molecular complexity index is 809. The van der Waals surface area contributed by atoms with Crippen molar-refractivity contribution in [2.75, 3.05) is 0 Å². The molecule has 1 N–H and O–H groups in total. The van der Waals surface area contributed by atoms with Gasteiger partial charge in [0.15, 0.2) is 0 Å². The molecule has 1 atom stereocenters. The quantitative estimate of drug-likeness (QED) is 0.665. The molecular formula is C16H12N2O. The molecular weight excluding hydrogens is 236 g/mol. The predicted octanol–water partition coefficient (Wildman–Crippen LogP) is 2.87. The van der Waals surface area contributed by atoms with Crippen LogP contribution in [0.4, 0.5) is 0 Å². The highest BCUT2D eigenvalue weighted by Gasteiger charge is 2.40. The summed E-state index contributed by atoms with van der Waals surface area (Å²) < 4.78 is 0. The van der Waals surface area contributed by atoms with Crippen LogP contribution in [0.2, 0.25) is 0 Å². The third-order valence-corrected chi connectivity index (χ3v) is 3.74. The van der Waals surface area contributed by atoms with E-state index in [0.29, 0.717) is 5.69 Å². The van der Waals surface area contributed by atoms with Gasteiger partial charge in [-0.2, -0.15) is 0 Å². The summed E-state index contributed by atoms with van der Waals surface area (Å²) in [4.78, 5) is 9.28. The first kappa shape index (κ1) is 10.6. The molecule has 3 aromatic rings. The van der Waals surface area contributed by atoms with Crippen molar-refractivity contribution in [3.8, 4) is 11.3 Å². The van der Waals surface area contributed by atoms with Gasteiger partial charge in [-0.1, -0.05) is 36.4 Å². The minimum Gasteiger partial charge on any atom is -0.379 e. The Balaban J connectivity index is 2.15. The molecule has 4 rings (SSSR count). The van der Waals surface area contributed by atoms with E-state index >= 15 is 0 Å². The fraction of sp³-hybridized carbons (Fsp3) is 0.125. The average Bonchev–Trinajstić information content (AvgIpc) is 2.66. The Morgan fingerprint density at radius 2 is 1.53 bits per heavy atom. The molecule has 1 aromatic heterocycles. The van der Waals surface area contributed by atoms with E-state index in [2.05, 4.69) is 9.97 Å². The lowest BCUT2D eigenvalue weighted by Crippen LogP contribution is -2.20. The van der Waals surface area contributed by atoms with Gasteiger partial charge in [0.2, 0.25) is 0 Å². The van der Waals surface area contributed by atoms with E-state index in [1.54, 1.807) is 6.92 Å². The first-order chi connectivity index (χ1) is 9.18. The average molecular weight is 248 g/mol. The van der Waals surface area contributed by atoms with Gasteiger partial charge >= 0.3 is 0 Å². The first-order valence-electron chi connectivity index (χ1n) is 6.27. The number of rotatable bonds is 0. The predicted molar refractivity (Wildman–Crippen MR) is 73.6 cm³/mol. The molecule has 0 unspecified atom stereocenters. The van der Waals surface area contributed by atoms with E-state index < -0.39 is 5.60 Å². The van der Waals surface area contributed by atoms with Crippen LogP contribution in [0, 0.1) is 0 Å². The van der Waals surface area contributed by atoms with Gasteiger partial charge in [0, 0.05) is 5.56 Å². The first-order valence-corrected chi connectivity index (χ1v) is 6.27. The normalized spacial score (nSPS) is 20.3. The van der Waals surface area contributed by atoms with Crippen LogP contribution in [0.1, 0.15) is 18.2 Å². The summed E-state index contributed by atoms with van der Waals surface area (Å²) >= 11 is 0. The molecule has 0 bridgehead atoms. The number of hydrogen-bond acceptors (Lipinski definition) is 3. The van der Waals surface area contributed by atoms with E-state index in [1.807, 2.05) is 48.5 Å². The van der Waals surface area contributed by atoms with Crippen LogP contribution in [0.25, 0.3) is 22.3 Å². The van der Waals surface area contributed by atoms with Crippen LogP contribution in [-0.2, 0) is 5.60 Å². The second-order valence-corrected chi connectivity index (χ2v) is 5.03. The van der Waals surface area contributed by atoms with Crippen molar-refractivity contribution < 1.29 is 5.11 Å². The van der Waals surface area contributed by atoms with Gasteiger partial charge in [0.1, 0.15) is 11.3 Å². The zero-order valence-corrected chi connectivity index (χ0v) is 10.5. The van der Waals surface area contributed by atoms with Crippen LogP contribution in [0.3, 0.4) is 0 Å². The van der Waals surface area contributed by atoms with Gasteiger partial charge < -0.3 is 5.11 Å². The van der Waals surface area contributed by atoms with E-state index in [1.165, 1.54) is 0 Å². The van der Waals surface area contributed by atoms with E-state index in [0.717, 1.165) is 27.9 Å². The third-order valence-electron chi connectivity index (χ3n) is 3.74. The number of fused-ring (bicyclic) bond motifs is 4. The highest BCUT2D eigenvalue weighted by atomic mass is 16.3. The van der Waals surface area contributed by atoms with Crippen LogP contribution < -0.4 is 0 Å². The molecule has 3 heteroatoms. The van der Waals surface area contributed by atoms with Crippen molar-refractivity contribution in [3.63, 3.8) is 0 Å². The molecule has 0 spiro atoms. The monoisotopic (exact) mass is 248 g/mol. The summed E-state index contributed by atoms with van der Waals surface area (Å²) in [5, 5.41) is 10.8. The number of hydrogen-bond donors (Lipinski definition) is 1. The lowest BCUT2D eigenvalue weighted by molar-refractivity contribution is 0.103. The van der Waals surface area contributed by atoms with Crippen molar-refractivity contribution >= 4 is 11.0 Å². The zero-order chi connectivity index (χ0) is 13.0. The number of para-hydroxylation sites is 2. The maximum absolute atomic E-state index is 10.8. The van der Waals surface area contributed by atoms with Crippen molar-refractivity contribution in [1.82, 2.24) is 9.97 Å². The summed E-state index contributed by atoms with van der Waals surface area (Å²) in [5.74, 6) is 0. The molecule has 0 amide bonds. The molecule has 0 saturated heterocycles. The molecule has 0 radical (unpaired) electrons. The second kappa shape index (κ2) is 3.39. The van der Waals surface area contributed by atoms with Gasteiger partial charge in [-0.15, -0.1) is 0 Å². The van der Waals surface area contributed by atoms with E-state index in [9.17, 15) is 5.11 Å². The van der Waals surface area contributed by atoms with E-state index in [4.69, 9.17) is 0 Å². The summed E-state index contributed by atoms with van der Waals surface area (Å²) in [6.07, 6.45) is 0. The van der Waals surface area contributed by atoms with Gasteiger partial charge in [-0.25, -0.2) is 9.97 Å². The SMILES string of the molecule is C[C@@]1(O)c2ccccc2-c2nc3ccccc3nc21. The maximum atomic E-state index is 10.8. The molecule has 3 nitrogen and oxygen atoms in total. The summed E-state index contributed by atoms with van der Waals surface area (Å²) in [5.41, 5.74) is 3.89. The van der Waals surface area contributed by atoms with Crippen LogP contribution in [0.5, 0.6) is 0 Å². The van der Waals surface area contributed by atoms with Gasteiger partial charge in [0.05, 0.1) is 16.7 Å². The summed E-state index contributed by atoms with van der Waals surface area (Å²) in [6.45, 7) is 1.78. The van der Waals surface area contributed by atoms with Gasteiger partial charge in [-0.05, 0) is 24.6 Å². The van der Waals surface area contributed by atoms with Crippen LogP contribution >= 0.6 is 0 Å². The Kier molecular flexibility index (Phi) is 1.90. The van der Waals surface area contributed by atoms with Crippen LogP contribution in [0.15, 0.2) is 48.5 Å². The smallest absolute Gasteiger partial charge is 0.131 e. The van der Waals surface area contributed by atoms with Gasteiger partial charge in [0.25, 0.3) is 0 Å². The Hall–Kier alpha value is -2.26. The molecule has 19 heavy (non-hydrogen) atoms. The second-order valence-electron chi connectivity index (χ2n) is 5.03. The van der Waals surface area contributed by atoms with Crippen LogP contribution in [-0.4, -0.2) is 15.1 Å². The molecule has 1 aliphatic carbocycles. The zero-order valence-electron chi connectivity index (χ0n) is 10.5. The minimum atomic E-state index is -1.07. The summed E-state index contributed by atoms with van der Waals surface area (Å²) in [7, 11) is 0. The highest BCUT2D eigenvalue weighted by molar-refractivity contribution is 5.83. The third kappa shape index (κ3) is 1.30. The molecule has 92 valence electrons. The fourth-order valence-corrected chi connectivity index (χ4v) is 2.77.